The van der Waals surface area contributed by atoms with E-state index in [9.17, 15) is 18.0 Å². The van der Waals surface area contributed by atoms with Gasteiger partial charge in [-0.1, -0.05) is 0 Å². The van der Waals surface area contributed by atoms with E-state index in [-0.39, 0.29) is 11.6 Å². The summed E-state index contributed by atoms with van der Waals surface area (Å²) in [6.07, 6.45) is -4.72. The molecule has 0 saturated heterocycles. The van der Waals surface area contributed by atoms with Crippen molar-refractivity contribution in [2.24, 2.45) is 0 Å². The van der Waals surface area contributed by atoms with E-state index in [1.165, 1.54) is 12.1 Å². The zero-order valence-corrected chi connectivity index (χ0v) is 8.60. The summed E-state index contributed by atoms with van der Waals surface area (Å²) in [5.74, 6) is -1.01. The van der Waals surface area contributed by atoms with Gasteiger partial charge in [-0.25, -0.2) is 0 Å². The Morgan fingerprint density at radius 3 is 2.31 bits per heavy atom. The van der Waals surface area contributed by atoms with Crippen LogP contribution in [0.15, 0.2) is 24.3 Å². The molecule has 0 unspecified atom stereocenters. The molecule has 1 rings (SSSR count). The number of hydrogen-bond donors (Lipinski definition) is 1. The number of amides is 1. The Morgan fingerprint density at radius 2 is 1.88 bits per heavy atom. The number of nitrogens with one attached hydrogen (secondary N) is 1. The van der Waals surface area contributed by atoms with E-state index in [0.717, 1.165) is 12.1 Å². The first-order chi connectivity index (χ1) is 7.40. The molecule has 0 aliphatic rings. The van der Waals surface area contributed by atoms with Crippen LogP contribution in [-0.2, 0) is 4.79 Å². The third kappa shape index (κ3) is 4.39. The third-order valence-corrected chi connectivity index (χ3v) is 1.74. The van der Waals surface area contributed by atoms with Gasteiger partial charge in [-0.05, 0) is 24.3 Å². The summed E-state index contributed by atoms with van der Waals surface area (Å²) in [4.78, 5) is 10.8. The molecule has 0 aromatic heterocycles. The fourth-order valence-electron chi connectivity index (χ4n) is 0.934. The van der Waals surface area contributed by atoms with Crippen LogP contribution in [0.25, 0.3) is 0 Å². The van der Waals surface area contributed by atoms with Crippen LogP contribution >= 0.6 is 11.6 Å². The number of alkyl halides is 4. The molecule has 0 fully saturated rings. The molecule has 1 N–H and O–H groups in total. The van der Waals surface area contributed by atoms with Gasteiger partial charge in [0, 0.05) is 5.69 Å². The molecule has 3 nitrogen and oxygen atoms in total. The molecule has 1 aromatic rings. The van der Waals surface area contributed by atoms with Crippen LogP contribution in [0.5, 0.6) is 5.75 Å². The predicted molar refractivity (Wildman–Crippen MR) is 52.5 cm³/mol. The minimum Gasteiger partial charge on any atom is -0.406 e. The lowest BCUT2D eigenvalue weighted by Gasteiger charge is -2.09. The Hall–Kier alpha value is -1.43. The second kappa shape index (κ2) is 5.07. The number of benzene rings is 1. The minimum absolute atomic E-state index is 0.221. The van der Waals surface area contributed by atoms with Crippen molar-refractivity contribution in [3.05, 3.63) is 24.3 Å². The standard InChI is InChI=1S/C9H7ClF3NO2/c10-5-8(15)14-6-1-3-7(4-2-6)16-9(11,12)13/h1-4H,5H2,(H,14,15). The van der Waals surface area contributed by atoms with E-state index in [2.05, 4.69) is 10.1 Å². The van der Waals surface area contributed by atoms with Crippen molar-refractivity contribution in [2.75, 3.05) is 11.2 Å². The molecule has 0 heterocycles. The molecule has 0 aliphatic heterocycles. The minimum atomic E-state index is -4.72. The summed E-state index contributed by atoms with van der Waals surface area (Å²) in [6.45, 7) is 0. The molecule has 16 heavy (non-hydrogen) atoms. The molecule has 7 heteroatoms. The summed E-state index contributed by atoms with van der Waals surface area (Å²) >= 11 is 5.23. The molecule has 0 atom stereocenters. The van der Waals surface area contributed by atoms with E-state index in [0.29, 0.717) is 5.69 Å². The summed E-state index contributed by atoms with van der Waals surface area (Å²) < 4.78 is 39.0. The fourth-order valence-corrected chi connectivity index (χ4v) is 1.00. The first kappa shape index (κ1) is 12.6. The Bertz CT molecular complexity index is 364. The van der Waals surface area contributed by atoms with Gasteiger partial charge in [-0.3, -0.25) is 4.79 Å². The zero-order valence-electron chi connectivity index (χ0n) is 7.84. The Labute approximate surface area is 94.2 Å². The molecular formula is C9H7ClF3NO2. The van der Waals surface area contributed by atoms with Gasteiger partial charge < -0.3 is 10.1 Å². The van der Waals surface area contributed by atoms with E-state index in [1.807, 2.05) is 0 Å². The summed E-state index contributed by atoms with van der Waals surface area (Å²) in [5.41, 5.74) is 0.347. The Balaban J connectivity index is 2.64. The van der Waals surface area contributed by atoms with Crippen LogP contribution in [0.4, 0.5) is 18.9 Å². The van der Waals surface area contributed by atoms with Crippen LogP contribution in [0.3, 0.4) is 0 Å². The molecule has 1 amide bonds. The van der Waals surface area contributed by atoms with Crippen molar-refractivity contribution in [3.8, 4) is 5.75 Å². The summed E-state index contributed by atoms with van der Waals surface area (Å²) in [7, 11) is 0. The Kier molecular flexibility index (Phi) is 4.00. The van der Waals surface area contributed by atoms with Gasteiger partial charge in [0.2, 0.25) is 5.91 Å². The topological polar surface area (TPSA) is 38.3 Å². The Morgan fingerprint density at radius 1 is 1.31 bits per heavy atom. The second-order valence-corrected chi connectivity index (χ2v) is 3.02. The maximum absolute atomic E-state index is 11.8. The molecule has 0 aliphatic carbocycles. The van der Waals surface area contributed by atoms with Crippen molar-refractivity contribution < 1.29 is 22.7 Å². The van der Waals surface area contributed by atoms with E-state index < -0.39 is 12.3 Å². The highest BCUT2D eigenvalue weighted by Crippen LogP contribution is 2.23. The van der Waals surface area contributed by atoms with Crippen LogP contribution in [0.1, 0.15) is 0 Å². The second-order valence-electron chi connectivity index (χ2n) is 2.75. The lowest BCUT2D eigenvalue weighted by atomic mass is 10.3. The highest BCUT2D eigenvalue weighted by Gasteiger charge is 2.30. The molecule has 0 bridgehead atoms. The van der Waals surface area contributed by atoms with Gasteiger partial charge in [-0.2, -0.15) is 0 Å². The van der Waals surface area contributed by atoms with Crippen LogP contribution < -0.4 is 10.1 Å². The first-order valence-corrected chi connectivity index (χ1v) is 4.66. The third-order valence-electron chi connectivity index (χ3n) is 1.49. The van der Waals surface area contributed by atoms with Crippen LogP contribution in [-0.4, -0.2) is 18.1 Å². The van der Waals surface area contributed by atoms with E-state index >= 15 is 0 Å². The largest absolute Gasteiger partial charge is 0.573 e. The average molecular weight is 254 g/mol. The SMILES string of the molecule is O=C(CCl)Nc1ccc(OC(F)(F)F)cc1. The molecular weight excluding hydrogens is 247 g/mol. The maximum atomic E-state index is 11.8. The van der Waals surface area contributed by atoms with E-state index in [4.69, 9.17) is 11.6 Å². The maximum Gasteiger partial charge on any atom is 0.573 e. The lowest BCUT2D eigenvalue weighted by molar-refractivity contribution is -0.274. The van der Waals surface area contributed by atoms with Crippen molar-refractivity contribution in [1.82, 2.24) is 0 Å². The van der Waals surface area contributed by atoms with Gasteiger partial charge in [0.05, 0.1) is 0 Å². The highest BCUT2D eigenvalue weighted by molar-refractivity contribution is 6.29. The first-order valence-electron chi connectivity index (χ1n) is 4.12. The number of hydrogen-bond acceptors (Lipinski definition) is 2. The molecule has 0 spiro atoms. The monoisotopic (exact) mass is 253 g/mol. The zero-order chi connectivity index (χ0) is 12.2. The van der Waals surface area contributed by atoms with Gasteiger partial charge in [0.25, 0.3) is 0 Å². The lowest BCUT2D eigenvalue weighted by Crippen LogP contribution is -2.17. The van der Waals surface area contributed by atoms with Crippen molar-refractivity contribution in [3.63, 3.8) is 0 Å². The normalized spacial score (nSPS) is 11.0. The van der Waals surface area contributed by atoms with Gasteiger partial charge >= 0.3 is 6.36 Å². The molecule has 88 valence electrons. The number of rotatable bonds is 3. The molecule has 0 radical (unpaired) electrons. The van der Waals surface area contributed by atoms with Crippen molar-refractivity contribution in [1.29, 1.82) is 0 Å². The predicted octanol–water partition coefficient (Wildman–Crippen LogP) is 2.76. The summed E-state index contributed by atoms with van der Waals surface area (Å²) in [5, 5.41) is 2.37. The fraction of sp³-hybridized carbons (Fsp3) is 0.222. The number of halogens is 4. The quantitative estimate of drug-likeness (QED) is 0.841. The number of ether oxygens (including phenoxy) is 1. The smallest absolute Gasteiger partial charge is 0.406 e. The summed E-state index contributed by atoms with van der Waals surface area (Å²) in [6, 6.07) is 4.76. The average Bonchev–Trinajstić information content (AvgIpc) is 2.18. The van der Waals surface area contributed by atoms with Crippen LogP contribution in [0.2, 0.25) is 0 Å². The molecule has 1 aromatic carbocycles. The molecule has 0 saturated carbocycles. The number of anilines is 1. The van der Waals surface area contributed by atoms with Crippen molar-refractivity contribution >= 4 is 23.2 Å². The van der Waals surface area contributed by atoms with Crippen LogP contribution in [0, 0.1) is 0 Å². The van der Waals surface area contributed by atoms with Gasteiger partial charge in [-0.15, -0.1) is 24.8 Å². The number of carbonyl (C=O) groups excluding carboxylic acids is 1. The van der Waals surface area contributed by atoms with Gasteiger partial charge in [0.15, 0.2) is 0 Å². The van der Waals surface area contributed by atoms with E-state index in [1.54, 1.807) is 0 Å². The number of carbonyl (C=O) groups is 1. The van der Waals surface area contributed by atoms with Gasteiger partial charge in [0.1, 0.15) is 11.6 Å². The van der Waals surface area contributed by atoms with Crippen molar-refractivity contribution in [2.45, 2.75) is 6.36 Å². The highest BCUT2D eigenvalue weighted by atomic mass is 35.5.